The van der Waals surface area contributed by atoms with Gasteiger partial charge in [-0.3, -0.25) is 4.98 Å². The average Bonchev–Trinajstić information content (AvgIpc) is 3.01. The van der Waals surface area contributed by atoms with Gasteiger partial charge in [0.15, 0.2) is 0 Å². The molecular weight excluding hydrogens is 474 g/mol. The minimum Gasteiger partial charge on any atom is -0.338 e. The highest BCUT2D eigenvalue weighted by molar-refractivity contribution is 5.71. The van der Waals surface area contributed by atoms with Crippen molar-refractivity contribution >= 4 is 11.4 Å². The van der Waals surface area contributed by atoms with Crippen LogP contribution in [0.1, 0.15) is 96.0 Å². The predicted octanol–water partition coefficient (Wildman–Crippen LogP) is 9.49. The van der Waals surface area contributed by atoms with Crippen LogP contribution in [0, 0.1) is 5.92 Å². The lowest BCUT2D eigenvalue weighted by atomic mass is 9.78. The molecule has 3 heteroatoms. The zero-order valence-corrected chi connectivity index (χ0v) is 24.2. The highest BCUT2D eigenvalue weighted by atomic mass is 15.2. The summed E-state index contributed by atoms with van der Waals surface area (Å²) in [6, 6.07) is 26.0. The summed E-state index contributed by atoms with van der Waals surface area (Å²) in [7, 11) is 0. The summed E-state index contributed by atoms with van der Waals surface area (Å²) in [5, 5.41) is 3.87. The Morgan fingerprint density at radius 1 is 0.795 bits per heavy atom. The first-order chi connectivity index (χ1) is 19.3. The molecule has 0 amide bonds. The number of pyridine rings is 1. The third kappa shape index (κ3) is 7.72. The van der Waals surface area contributed by atoms with Gasteiger partial charge >= 0.3 is 0 Å². The number of piperidine rings is 1. The number of nitrogens with one attached hydrogen (secondary N) is 1. The molecule has 0 bridgehead atoms. The first kappa shape index (κ1) is 27.9. The van der Waals surface area contributed by atoms with Crippen LogP contribution >= 0.6 is 0 Å². The topological polar surface area (TPSA) is 28.2 Å². The van der Waals surface area contributed by atoms with Gasteiger partial charge in [0, 0.05) is 35.2 Å². The highest BCUT2D eigenvalue weighted by Gasteiger charge is 2.33. The summed E-state index contributed by atoms with van der Waals surface area (Å²) in [4.78, 5) is 7.31. The Kier molecular flexibility index (Phi) is 10.5. The van der Waals surface area contributed by atoms with Crippen LogP contribution in [-0.2, 0) is 6.42 Å². The van der Waals surface area contributed by atoms with Crippen molar-refractivity contribution in [2.45, 2.75) is 109 Å². The van der Waals surface area contributed by atoms with E-state index in [1.54, 1.807) is 0 Å². The van der Waals surface area contributed by atoms with E-state index >= 15 is 0 Å². The minimum absolute atomic E-state index is 0.524. The van der Waals surface area contributed by atoms with Crippen LogP contribution in [-0.4, -0.2) is 23.6 Å². The van der Waals surface area contributed by atoms with E-state index < -0.39 is 0 Å². The molecule has 208 valence electrons. The fourth-order valence-corrected chi connectivity index (χ4v) is 6.93. The maximum absolute atomic E-state index is 4.64. The maximum Gasteiger partial charge on any atom is 0.0702 e. The fraction of sp³-hybridized carbons (Fsp3) is 0.528. The van der Waals surface area contributed by atoms with Crippen LogP contribution in [0.25, 0.3) is 11.3 Å². The average molecular weight is 524 g/mol. The van der Waals surface area contributed by atoms with Crippen LogP contribution < -0.4 is 10.2 Å². The third-order valence-electron chi connectivity index (χ3n) is 9.09. The van der Waals surface area contributed by atoms with Crippen molar-refractivity contribution < 1.29 is 0 Å². The van der Waals surface area contributed by atoms with Crippen molar-refractivity contribution in [3.05, 3.63) is 78.5 Å². The molecule has 1 aromatic heterocycles. The lowest BCUT2D eigenvalue weighted by molar-refractivity contribution is 0.219. The summed E-state index contributed by atoms with van der Waals surface area (Å²) < 4.78 is 0. The predicted molar refractivity (Wildman–Crippen MR) is 167 cm³/mol. The van der Waals surface area contributed by atoms with Crippen molar-refractivity contribution in [3.63, 3.8) is 0 Å². The van der Waals surface area contributed by atoms with Crippen LogP contribution in [0.2, 0.25) is 0 Å². The van der Waals surface area contributed by atoms with E-state index in [1.165, 1.54) is 119 Å². The molecule has 39 heavy (non-hydrogen) atoms. The Morgan fingerprint density at radius 3 is 2.46 bits per heavy atom. The largest absolute Gasteiger partial charge is 0.338 e. The lowest BCUT2D eigenvalue weighted by Gasteiger charge is -2.42. The van der Waals surface area contributed by atoms with Crippen molar-refractivity contribution in [1.82, 2.24) is 10.3 Å². The summed E-state index contributed by atoms with van der Waals surface area (Å²) >= 11 is 0. The molecule has 0 spiro atoms. The van der Waals surface area contributed by atoms with Gasteiger partial charge in [-0.15, -0.1) is 0 Å². The van der Waals surface area contributed by atoms with Gasteiger partial charge in [-0.2, -0.15) is 0 Å². The first-order valence-electron chi connectivity index (χ1n) is 15.9. The van der Waals surface area contributed by atoms with Gasteiger partial charge in [-0.25, -0.2) is 0 Å². The second-order valence-electron chi connectivity index (χ2n) is 12.0. The normalized spacial score (nSPS) is 21.5. The van der Waals surface area contributed by atoms with Gasteiger partial charge in [0.25, 0.3) is 0 Å². The molecule has 5 rings (SSSR count). The van der Waals surface area contributed by atoms with Crippen molar-refractivity contribution in [1.29, 1.82) is 0 Å². The smallest absolute Gasteiger partial charge is 0.0702 e. The first-order valence-corrected chi connectivity index (χ1v) is 15.9. The molecule has 1 saturated carbocycles. The molecule has 1 saturated heterocycles. The van der Waals surface area contributed by atoms with Crippen molar-refractivity contribution in [2.24, 2.45) is 5.92 Å². The number of aryl methyl sites for hydroxylation is 1. The molecule has 2 fully saturated rings. The minimum atomic E-state index is 0.524. The number of anilines is 2. The van der Waals surface area contributed by atoms with Crippen molar-refractivity contribution in [2.75, 3.05) is 11.4 Å². The number of benzene rings is 2. The van der Waals surface area contributed by atoms with E-state index in [-0.39, 0.29) is 0 Å². The molecule has 3 nitrogen and oxygen atoms in total. The SMILES string of the molecule is CCCCCCCCc1ccc(N(c2cccc(-c3ccccn3)c2)C2CCCC(C3CCCCN3)C2)cc1. The Bertz CT molecular complexity index is 1100. The van der Waals surface area contributed by atoms with E-state index in [0.29, 0.717) is 12.1 Å². The molecule has 3 atom stereocenters. The van der Waals surface area contributed by atoms with Gasteiger partial charge < -0.3 is 10.2 Å². The fourth-order valence-electron chi connectivity index (χ4n) is 6.93. The number of rotatable bonds is 12. The Morgan fingerprint density at radius 2 is 1.67 bits per heavy atom. The number of nitrogens with zero attached hydrogens (tertiary/aromatic N) is 2. The highest BCUT2D eigenvalue weighted by Crippen LogP contribution is 2.39. The summed E-state index contributed by atoms with van der Waals surface area (Å²) in [6.45, 7) is 3.49. The van der Waals surface area contributed by atoms with Gasteiger partial charge in [-0.1, -0.05) is 82.2 Å². The zero-order chi connectivity index (χ0) is 26.7. The summed E-state index contributed by atoms with van der Waals surface area (Å²) in [6.07, 6.45) is 20.5. The molecule has 0 radical (unpaired) electrons. The maximum atomic E-state index is 4.64. The van der Waals surface area contributed by atoms with Crippen molar-refractivity contribution in [3.8, 4) is 11.3 Å². The molecule has 2 aromatic carbocycles. The number of aromatic nitrogens is 1. The van der Waals surface area contributed by atoms with E-state index in [9.17, 15) is 0 Å². The van der Waals surface area contributed by atoms with E-state index in [4.69, 9.17) is 0 Å². The van der Waals surface area contributed by atoms with E-state index in [0.717, 1.165) is 11.6 Å². The summed E-state index contributed by atoms with van der Waals surface area (Å²) in [5.41, 5.74) is 6.34. The van der Waals surface area contributed by atoms with Gasteiger partial charge in [0.1, 0.15) is 0 Å². The second kappa shape index (κ2) is 14.7. The molecule has 3 aromatic rings. The number of unbranched alkanes of at least 4 members (excludes halogenated alkanes) is 5. The quantitative estimate of drug-likeness (QED) is 0.240. The molecule has 1 aliphatic heterocycles. The number of hydrogen-bond donors (Lipinski definition) is 1. The van der Waals surface area contributed by atoms with Crippen LogP contribution in [0.3, 0.4) is 0 Å². The second-order valence-corrected chi connectivity index (χ2v) is 12.0. The molecular formula is C36H49N3. The molecule has 3 unspecified atom stereocenters. The Labute approximate surface area is 237 Å². The standard InChI is InChI=1S/C36H49N3/c1-2-3-4-5-6-7-14-29-21-23-32(24-22-29)39(33-17-12-15-30(27-33)35-19-8-10-25-37-35)34-18-13-16-31(28-34)36-20-9-11-26-38-36/h8,10,12,15,17,19,21-25,27,31,34,36,38H,2-7,9,11,13-14,16,18,20,26,28H2,1H3. The molecule has 1 N–H and O–H groups in total. The van der Waals surface area contributed by atoms with Gasteiger partial charge in [-0.05, 0) is 99.4 Å². The number of hydrogen-bond acceptors (Lipinski definition) is 3. The Hall–Kier alpha value is -2.65. The van der Waals surface area contributed by atoms with Gasteiger partial charge in [0.05, 0.1) is 5.69 Å². The molecule has 2 aliphatic rings. The van der Waals surface area contributed by atoms with Crippen LogP contribution in [0.15, 0.2) is 72.9 Å². The zero-order valence-electron chi connectivity index (χ0n) is 24.2. The lowest BCUT2D eigenvalue weighted by Crippen LogP contribution is -2.45. The van der Waals surface area contributed by atoms with E-state index in [2.05, 4.69) is 82.8 Å². The monoisotopic (exact) mass is 523 g/mol. The third-order valence-corrected chi connectivity index (χ3v) is 9.09. The van der Waals surface area contributed by atoms with Crippen LogP contribution in [0.5, 0.6) is 0 Å². The van der Waals surface area contributed by atoms with E-state index in [1.807, 2.05) is 12.3 Å². The van der Waals surface area contributed by atoms with Gasteiger partial charge in [0.2, 0.25) is 0 Å². The Balaban J connectivity index is 1.36. The van der Waals surface area contributed by atoms with Crippen LogP contribution in [0.4, 0.5) is 11.4 Å². The molecule has 2 heterocycles. The molecule has 1 aliphatic carbocycles. The summed E-state index contributed by atoms with van der Waals surface area (Å²) in [5.74, 6) is 0.775.